The molecule has 1 heterocycles. The Morgan fingerprint density at radius 1 is 1.23 bits per heavy atom. The molecule has 0 atom stereocenters. The normalized spacial score (nSPS) is 15.0. The highest BCUT2D eigenvalue weighted by molar-refractivity contribution is 9.10. The number of nitrogens with one attached hydrogen (secondary N) is 1. The van der Waals surface area contributed by atoms with Gasteiger partial charge in [-0.25, -0.2) is 0 Å². The van der Waals surface area contributed by atoms with Gasteiger partial charge in [-0.05, 0) is 76.4 Å². The van der Waals surface area contributed by atoms with Gasteiger partial charge in [0, 0.05) is 5.69 Å². The first-order valence-electron chi connectivity index (χ1n) is 9.42. The van der Waals surface area contributed by atoms with E-state index in [0.717, 1.165) is 44.4 Å². The number of imide groups is 1. The van der Waals surface area contributed by atoms with Crippen molar-refractivity contribution in [3.05, 3.63) is 63.0 Å². The molecule has 0 aliphatic carbocycles. The van der Waals surface area contributed by atoms with Gasteiger partial charge >= 0.3 is 0 Å². The largest absolute Gasteiger partial charge is 0.492 e. The van der Waals surface area contributed by atoms with Crippen molar-refractivity contribution in [1.29, 1.82) is 0 Å². The van der Waals surface area contributed by atoms with Crippen molar-refractivity contribution in [1.82, 2.24) is 4.90 Å². The summed E-state index contributed by atoms with van der Waals surface area (Å²) in [6.07, 6.45) is 2.54. The molecule has 8 heteroatoms. The molecule has 156 valence electrons. The highest BCUT2D eigenvalue weighted by Crippen LogP contribution is 2.34. The number of benzene rings is 2. The molecule has 1 aliphatic heterocycles. The van der Waals surface area contributed by atoms with Gasteiger partial charge in [-0.3, -0.25) is 19.3 Å². The van der Waals surface area contributed by atoms with E-state index in [9.17, 15) is 14.4 Å². The smallest absolute Gasteiger partial charge is 0.294 e. The minimum absolute atomic E-state index is 0.276. The SMILES string of the molecule is CCCOc1ccc(/C=C2\SC(=O)N(CC(=O)Nc3ccccc3C)C2=O)cc1Br. The third-order valence-electron chi connectivity index (χ3n) is 4.31. The number of aryl methyl sites for hydroxylation is 1. The first-order chi connectivity index (χ1) is 14.4. The van der Waals surface area contributed by atoms with E-state index in [0.29, 0.717) is 12.3 Å². The summed E-state index contributed by atoms with van der Waals surface area (Å²) in [6.45, 7) is 4.18. The van der Waals surface area contributed by atoms with E-state index in [1.807, 2.05) is 50.2 Å². The van der Waals surface area contributed by atoms with E-state index >= 15 is 0 Å². The van der Waals surface area contributed by atoms with Gasteiger partial charge in [0.25, 0.3) is 11.1 Å². The zero-order chi connectivity index (χ0) is 21.7. The highest BCUT2D eigenvalue weighted by Gasteiger charge is 2.36. The van der Waals surface area contributed by atoms with Crippen molar-refractivity contribution < 1.29 is 19.1 Å². The van der Waals surface area contributed by atoms with Crippen LogP contribution in [0, 0.1) is 6.92 Å². The first kappa shape index (κ1) is 22.1. The fourth-order valence-corrected chi connectivity index (χ4v) is 4.12. The van der Waals surface area contributed by atoms with Crippen LogP contribution in [0.25, 0.3) is 6.08 Å². The standard InChI is InChI=1S/C22H21BrN2O4S/c1-3-10-29-18-9-8-15(11-16(18)23)12-19-21(27)25(22(28)30-19)13-20(26)24-17-7-5-4-6-14(17)2/h4-9,11-12H,3,10,13H2,1-2H3,(H,24,26)/b19-12-. The van der Waals surface area contributed by atoms with Crippen molar-refractivity contribution in [3.8, 4) is 5.75 Å². The fraction of sp³-hybridized carbons (Fsp3) is 0.227. The molecule has 30 heavy (non-hydrogen) atoms. The molecule has 1 saturated heterocycles. The van der Waals surface area contributed by atoms with Crippen LogP contribution in [0.3, 0.4) is 0 Å². The molecule has 0 spiro atoms. The molecule has 3 amide bonds. The number of carbonyl (C=O) groups is 3. The summed E-state index contributed by atoms with van der Waals surface area (Å²) in [5, 5.41) is 2.27. The van der Waals surface area contributed by atoms with Crippen LogP contribution in [-0.4, -0.2) is 35.1 Å². The number of nitrogens with zero attached hydrogens (tertiary/aromatic N) is 1. The third-order valence-corrected chi connectivity index (χ3v) is 5.84. The van der Waals surface area contributed by atoms with Gasteiger partial charge in [-0.1, -0.05) is 31.2 Å². The molecule has 3 rings (SSSR count). The van der Waals surface area contributed by atoms with Gasteiger partial charge in [0.1, 0.15) is 12.3 Å². The number of amides is 3. The second kappa shape index (κ2) is 9.95. The van der Waals surface area contributed by atoms with Crippen molar-refractivity contribution in [2.75, 3.05) is 18.5 Å². The molecule has 1 aliphatic rings. The molecular formula is C22H21BrN2O4S. The minimum atomic E-state index is -0.479. The number of anilines is 1. The molecule has 2 aromatic carbocycles. The second-order valence-electron chi connectivity index (χ2n) is 6.67. The van der Waals surface area contributed by atoms with Crippen molar-refractivity contribution in [3.63, 3.8) is 0 Å². The van der Waals surface area contributed by atoms with Crippen LogP contribution in [0.4, 0.5) is 10.5 Å². The lowest BCUT2D eigenvalue weighted by Crippen LogP contribution is -2.36. The van der Waals surface area contributed by atoms with Crippen LogP contribution in [-0.2, 0) is 9.59 Å². The van der Waals surface area contributed by atoms with E-state index in [1.165, 1.54) is 0 Å². The number of thioether (sulfide) groups is 1. The van der Waals surface area contributed by atoms with Crippen LogP contribution >= 0.6 is 27.7 Å². The van der Waals surface area contributed by atoms with Gasteiger partial charge in [-0.2, -0.15) is 0 Å². The van der Waals surface area contributed by atoms with Crippen molar-refractivity contribution >= 4 is 56.5 Å². The van der Waals surface area contributed by atoms with Gasteiger partial charge < -0.3 is 10.1 Å². The molecule has 2 aromatic rings. The van der Waals surface area contributed by atoms with Crippen molar-refractivity contribution in [2.45, 2.75) is 20.3 Å². The first-order valence-corrected chi connectivity index (χ1v) is 11.0. The zero-order valence-corrected chi connectivity index (χ0v) is 19.0. The molecule has 1 fully saturated rings. The summed E-state index contributed by atoms with van der Waals surface area (Å²) >= 11 is 4.28. The molecule has 0 aromatic heterocycles. The summed E-state index contributed by atoms with van der Waals surface area (Å²) in [5.41, 5.74) is 2.30. The Labute approximate surface area is 187 Å². The maximum absolute atomic E-state index is 12.7. The number of hydrogen-bond donors (Lipinski definition) is 1. The molecule has 0 radical (unpaired) electrons. The fourth-order valence-electron chi connectivity index (χ4n) is 2.77. The van der Waals surface area contributed by atoms with E-state index in [2.05, 4.69) is 21.2 Å². The van der Waals surface area contributed by atoms with E-state index in [1.54, 1.807) is 12.1 Å². The van der Waals surface area contributed by atoms with Gasteiger partial charge in [0.05, 0.1) is 16.0 Å². The number of halogens is 1. The Balaban J connectivity index is 1.69. The maximum Gasteiger partial charge on any atom is 0.294 e. The second-order valence-corrected chi connectivity index (χ2v) is 8.52. The Hall–Kier alpha value is -2.58. The lowest BCUT2D eigenvalue weighted by Gasteiger charge is -2.13. The topological polar surface area (TPSA) is 75.7 Å². The van der Waals surface area contributed by atoms with Gasteiger partial charge in [-0.15, -0.1) is 0 Å². The highest BCUT2D eigenvalue weighted by atomic mass is 79.9. The third kappa shape index (κ3) is 5.31. The maximum atomic E-state index is 12.7. The summed E-state index contributed by atoms with van der Waals surface area (Å²) in [4.78, 5) is 38.5. The summed E-state index contributed by atoms with van der Waals surface area (Å²) in [6, 6.07) is 12.8. The predicted octanol–water partition coefficient (Wildman–Crippen LogP) is 5.22. The summed E-state index contributed by atoms with van der Waals surface area (Å²) < 4.78 is 6.39. The number of carbonyl (C=O) groups excluding carboxylic acids is 3. The molecule has 0 saturated carbocycles. The summed E-state index contributed by atoms with van der Waals surface area (Å²) in [7, 11) is 0. The molecule has 0 unspecified atom stereocenters. The Morgan fingerprint density at radius 3 is 2.70 bits per heavy atom. The minimum Gasteiger partial charge on any atom is -0.492 e. The lowest BCUT2D eigenvalue weighted by atomic mass is 10.2. The zero-order valence-electron chi connectivity index (χ0n) is 16.6. The Kier molecular flexibility index (Phi) is 7.33. The van der Waals surface area contributed by atoms with Gasteiger partial charge in [0.15, 0.2) is 0 Å². The van der Waals surface area contributed by atoms with Crippen LogP contribution in [0.15, 0.2) is 51.8 Å². The van der Waals surface area contributed by atoms with Crippen LogP contribution in [0.2, 0.25) is 0 Å². The summed E-state index contributed by atoms with van der Waals surface area (Å²) in [5.74, 6) is -0.185. The van der Waals surface area contributed by atoms with E-state index < -0.39 is 17.1 Å². The molecule has 1 N–H and O–H groups in total. The van der Waals surface area contributed by atoms with E-state index in [-0.39, 0.29) is 11.4 Å². The quantitative estimate of drug-likeness (QED) is 0.540. The molecular weight excluding hydrogens is 468 g/mol. The van der Waals surface area contributed by atoms with Crippen LogP contribution in [0.1, 0.15) is 24.5 Å². The molecule has 6 nitrogen and oxygen atoms in total. The van der Waals surface area contributed by atoms with Crippen LogP contribution < -0.4 is 10.1 Å². The predicted molar refractivity (Wildman–Crippen MR) is 122 cm³/mol. The number of ether oxygens (including phenoxy) is 1. The van der Waals surface area contributed by atoms with Crippen LogP contribution in [0.5, 0.6) is 5.75 Å². The number of rotatable bonds is 7. The van der Waals surface area contributed by atoms with E-state index in [4.69, 9.17) is 4.74 Å². The average molecular weight is 489 g/mol. The monoisotopic (exact) mass is 488 g/mol. The average Bonchev–Trinajstić information content (AvgIpc) is 2.96. The number of hydrogen-bond acceptors (Lipinski definition) is 5. The Morgan fingerprint density at radius 2 is 2.00 bits per heavy atom. The lowest BCUT2D eigenvalue weighted by molar-refractivity contribution is -0.127. The van der Waals surface area contributed by atoms with Gasteiger partial charge in [0.2, 0.25) is 5.91 Å². The Bertz CT molecular complexity index is 1020. The van der Waals surface area contributed by atoms with Crippen molar-refractivity contribution in [2.24, 2.45) is 0 Å². The number of para-hydroxylation sites is 1. The molecule has 0 bridgehead atoms.